The molecule has 2 saturated heterocycles. The molecule has 0 unspecified atom stereocenters. The molecule has 1 aromatic carbocycles. The highest BCUT2D eigenvalue weighted by Gasteiger charge is 2.33. The number of rotatable bonds is 3. The third-order valence-corrected chi connectivity index (χ3v) is 7.80. The van der Waals surface area contributed by atoms with Crippen molar-refractivity contribution in [1.82, 2.24) is 14.7 Å². The molecule has 2 aromatic rings. The summed E-state index contributed by atoms with van der Waals surface area (Å²) in [6.07, 6.45) is 3.65. The maximum atomic E-state index is 13.8. The summed E-state index contributed by atoms with van der Waals surface area (Å²) >= 11 is 1.41. The van der Waals surface area contributed by atoms with Gasteiger partial charge < -0.3 is 19.4 Å². The van der Waals surface area contributed by atoms with E-state index in [9.17, 15) is 14.0 Å². The number of amides is 2. The minimum Gasteiger partial charge on any atom is -0.453 e. The van der Waals surface area contributed by atoms with E-state index in [2.05, 4.69) is 4.90 Å². The lowest BCUT2D eigenvalue weighted by molar-refractivity contribution is 0.0729. The highest BCUT2D eigenvalue weighted by Crippen LogP contribution is 2.41. The SMILES string of the molecule is COC(=O)N1CCC(N2CCC(c3c(C(=O)N(C)C)sc4cc(F)ccc34)CC2)CC1. The molecule has 6 nitrogen and oxygen atoms in total. The molecule has 8 heteroatoms. The van der Waals surface area contributed by atoms with E-state index in [-0.39, 0.29) is 17.8 Å². The number of likely N-dealkylation sites (tertiary alicyclic amines) is 2. The smallest absolute Gasteiger partial charge is 0.409 e. The number of hydrogen-bond donors (Lipinski definition) is 0. The third-order valence-electron chi connectivity index (χ3n) is 6.64. The number of nitrogens with zero attached hydrogens (tertiary/aromatic N) is 3. The molecule has 2 aliphatic heterocycles. The highest BCUT2D eigenvalue weighted by molar-refractivity contribution is 7.21. The van der Waals surface area contributed by atoms with Crippen LogP contribution < -0.4 is 0 Å². The maximum absolute atomic E-state index is 13.8. The zero-order valence-corrected chi connectivity index (χ0v) is 19.2. The van der Waals surface area contributed by atoms with Gasteiger partial charge in [-0.2, -0.15) is 0 Å². The molecule has 3 heterocycles. The minimum absolute atomic E-state index is 0.00535. The van der Waals surface area contributed by atoms with Crippen LogP contribution >= 0.6 is 11.3 Å². The fourth-order valence-corrected chi connectivity index (χ4v) is 6.29. The van der Waals surface area contributed by atoms with Crippen molar-refractivity contribution in [3.8, 4) is 0 Å². The second-order valence-corrected chi connectivity index (χ2v) is 9.74. The van der Waals surface area contributed by atoms with Crippen molar-refractivity contribution in [2.24, 2.45) is 0 Å². The van der Waals surface area contributed by atoms with E-state index in [0.29, 0.717) is 12.0 Å². The third kappa shape index (κ3) is 4.41. The van der Waals surface area contributed by atoms with Gasteiger partial charge in [-0.3, -0.25) is 4.79 Å². The number of methoxy groups -OCH3 is 1. The van der Waals surface area contributed by atoms with E-state index in [0.717, 1.165) is 72.4 Å². The van der Waals surface area contributed by atoms with Gasteiger partial charge in [-0.15, -0.1) is 11.3 Å². The summed E-state index contributed by atoms with van der Waals surface area (Å²) in [6, 6.07) is 5.35. The first-order valence-electron chi connectivity index (χ1n) is 10.9. The zero-order valence-electron chi connectivity index (χ0n) is 18.4. The molecule has 0 aliphatic carbocycles. The Morgan fingerprint density at radius 1 is 1.10 bits per heavy atom. The first kappa shape index (κ1) is 22.0. The quantitative estimate of drug-likeness (QED) is 0.709. The Labute approximate surface area is 186 Å². The van der Waals surface area contributed by atoms with E-state index in [1.807, 2.05) is 6.07 Å². The Morgan fingerprint density at radius 2 is 1.77 bits per heavy atom. The zero-order chi connectivity index (χ0) is 22.1. The van der Waals surface area contributed by atoms with Crippen molar-refractivity contribution in [2.75, 3.05) is 47.4 Å². The van der Waals surface area contributed by atoms with Crippen LogP contribution in [0.3, 0.4) is 0 Å². The van der Waals surface area contributed by atoms with Crippen molar-refractivity contribution in [3.63, 3.8) is 0 Å². The molecule has 2 aliphatic rings. The summed E-state index contributed by atoms with van der Waals surface area (Å²) in [5.41, 5.74) is 1.10. The van der Waals surface area contributed by atoms with Crippen LogP contribution in [0.2, 0.25) is 0 Å². The number of hydrogen-bond acceptors (Lipinski definition) is 5. The number of thiophene rings is 1. The maximum Gasteiger partial charge on any atom is 0.409 e. The summed E-state index contributed by atoms with van der Waals surface area (Å²) in [5.74, 6) is 0.0241. The Kier molecular flexibility index (Phi) is 6.48. The van der Waals surface area contributed by atoms with Crippen LogP contribution in [0, 0.1) is 5.82 Å². The molecule has 2 amide bonds. The Morgan fingerprint density at radius 3 is 2.39 bits per heavy atom. The van der Waals surface area contributed by atoms with Crippen LogP contribution in [-0.2, 0) is 4.74 Å². The summed E-state index contributed by atoms with van der Waals surface area (Å²) in [5, 5.41) is 1.02. The molecule has 0 spiro atoms. The van der Waals surface area contributed by atoms with Gasteiger partial charge in [0.1, 0.15) is 5.82 Å². The van der Waals surface area contributed by atoms with Gasteiger partial charge in [0.15, 0.2) is 0 Å². The van der Waals surface area contributed by atoms with Crippen LogP contribution in [-0.4, -0.2) is 80.1 Å². The van der Waals surface area contributed by atoms with Gasteiger partial charge in [-0.25, -0.2) is 9.18 Å². The molecule has 31 heavy (non-hydrogen) atoms. The van der Waals surface area contributed by atoms with Crippen LogP contribution in [0.25, 0.3) is 10.1 Å². The predicted octanol–water partition coefficient (Wildman–Crippen LogP) is 4.15. The van der Waals surface area contributed by atoms with Gasteiger partial charge in [-0.05, 0) is 67.8 Å². The van der Waals surface area contributed by atoms with Crippen molar-refractivity contribution in [1.29, 1.82) is 0 Å². The molecule has 0 atom stereocenters. The van der Waals surface area contributed by atoms with Crippen LogP contribution in [0.1, 0.15) is 46.8 Å². The second-order valence-electron chi connectivity index (χ2n) is 8.68. The summed E-state index contributed by atoms with van der Waals surface area (Å²) in [4.78, 5) is 31.3. The lowest BCUT2D eigenvalue weighted by Gasteiger charge is -2.41. The molecular weight excluding hydrogens is 417 g/mol. The minimum atomic E-state index is -0.266. The van der Waals surface area contributed by atoms with Crippen molar-refractivity contribution in [2.45, 2.75) is 37.6 Å². The predicted molar refractivity (Wildman–Crippen MR) is 120 cm³/mol. The number of fused-ring (bicyclic) bond motifs is 1. The van der Waals surface area contributed by atoms with Crippen molar-refractivity contribution in [3.05, 3.63) is 34.5 Å². The lowest BCUT2D eigenvalue weighted by Crippen LogP contribution is -2.48. The average molecular weight is 448 g/mol. The number of benzene rings is 1. The fraction of sp³-hybridized carbons (Fsp3) is 0.565. The molecule has 0 radical (unpaired) electrons. The largest absolute Gasteiger partial charge is 0.453 e. The summed E-state index contributed by atoms with van der Waals surface area (Å²) in [6.45, 7) is 3.42. The lowest BCUT2D eigenvalue weighted by atomic mass is 9.86. The normalized spacial score (nSPS) is 19.0. The molecule has 168 valence electrons. The number of carbonyl (C=O) groups excluding carboxylic acids is 2. The molecule has 0 saturated carbocycles. The van der Waals surface area contributed by atoms with E-state index in [1.54, 1.807) is 30.0 Å². The first-order valence-corrected chi connectivity index (χ1v) is 11.7. The number of piperidine rings is 2. The van der Waals surface area contributed by atoms with Crippen LogP contribution in [0.4, 0.5) is 9.18 Å². The second kappa shape index (κ2) is 9.12. The van der Waals surface area contributed by atoms with Gasteiger partial charge in [0, 0.05) is 37.9 Å². The Balaban J connectivity index is 1.48. The summed E-state index contributed by atoms with van der Waals surface area (Å²) < 4.78 is 19.5. The molecular formula is C23H30FN3O3S. The van der Waals surface area contributed by atoms with Gasteiger partial charge in [0.2, 0.25) is 0 Å². The van der Waals surface area contributed by atoms with E-state index < -0.39 is 0 Å². The van der Waals surface area contributed by atoms with Gasteiger partial charge >= 0.3 is 6.09 Å². The van der Waals surface area contributed by atoms with E-state index in [1.165, 1.54) is 24.5 Å². The topological polar surface area (TPSA) is 53.1 Å². The molecule has 1 aromatic heterocycles. The Bertz CT molecular complexity index is 960. The van der Waals surface area contributed by atoms with E-state index in [4.69, 9.17) is 4.74 Å². The van der Waals surface area contributed by atoms with Gasteiger partial charge in [0.05, 0.1) is 12.0 Å². The summed E-state index contributed by atoms with van der Waals surface area (Å²) in [7, 11) is 4.96. The molecule has 2 fully saturated rings. The molecule has 4 rings (SSSR count). The monoisotopic (exact) mass is 447 g/mol. The number of carbonyl (C=O) groups is 2. The van der Waals surface area contributed by atoms with Crippen LogP contribution in [0.5, 0.6) is 0 Å². The highest BCUT2D eigenvalue weighted by atomic mass is 32.1. The van der Waals surface area contributed by atoms with Gasteiger partial charge in [-0.1, -0.05) is 6.07 Å². The first-order chi connectivity index (χ1) is 14.9. The van der Waals surface area contributed by atoms with Gasteiger partial charge in [0.25, 0.3) is 5.91 Å². The number of ether oxygens (including phenoxy) is 1. The van der Waals surface area contributed by atoms with Crippen molar-refractivity contribution < 1.29 is 18.7 Å². The van der Waals surface area contributed by atoms with Crippen molar-refractivity contribution >= 4 is 33.4 Å². The standard InChI is InChI=1S/C23H30FN3O3S/c1-25(2)22(28)21-20(18-5-4-16(24)14-19(18)31-21)15-6-10-26(11-7-15)17-8-12-27(13-9-17)23(29)30-3/h4-5,14-15,17H,6-13H2,1-3H3. The Hall–Kier alpha value is -2.19. The fourth-order valence-electron chi connectivity index (χ4n) is 4.95. The van der Waals surface area contributed by atoms with E-state index >= 15 is 0 Å². The number of halogens is 1. The molecule has 0 bridgehead atoms. The molecule has 0 N–H and O–H groups in total. The van der Waals surface area contributed by atoms with Crippen LogP contribution in [0.15, 0.2) is 18.2 Å². The average Bonchev–Trinajstić information content (AvgIpc) is 3.16.